The Bertz CT molecular complexity index is 955. The van der Waals surface area contributed by atoms with Crippen LogP contribution in [-0.4, -0.2) is 51.9 Å². The van der Waals surface area contributed by atoms with Crippen molar-refractivity contribution < 1.29 is 23.1 Å². The van der Waals surface area contributed by atoms with Gasteiger partial charge in [-0.1, -0.05) is 23.2 Å². The van der Waals surface area contributed by atoms with Crippen LogP contribution in [0.25, 0.3) is 0 Å². The predicted octanol–water partition coefficient (Wildman–Crippen LogP) is 2.89. The molecule has 0 aliphatic heterocycles. The summed E-state index contributed by atoms with van der Waals surface area (Å²) >= 11 is 11.8. The van der Waals surface area contributed by atoms with Crippen LogP contribution in [0.1, 0.15) is 6.42 Å². The second-order valence-electron chi connectivity index (χ2n) is 6.41. The van der Waals surface area contributed by atoms with Crippen LogP contribution in [0.4, 0.5) is 16.2 Å². The first-order chi connectivity index (χ1) is 14.1. The van der Waals surface area contributed by atoms with Gasteiger partial charge in [-0.05, 0) is 48.9 Å². The molecule has 0 aliphatic carbocycles. The smallest absolute Gasteiger partial charge is 0.229 e. The Labute approximate surface area is 185 Å². The molecule has 2 aromatic carbocycles. The Hall–Kier alpha value is -2.36. The number of ether oxygens (including phenoxy) is 1. The molecule has 0 fully saturated rings. The number of carbonyl (C=O) groups is 1. The zero-order valence-electron chi connectivity index (χ0n) is 16.2. The lowest BCUT2D eigenvalue weighted by Gasteiger charge is -2.25. The van der Waals surface area contributed by atoms with Crippen LogP contribution in [0.5, 0.6) is 5.75 Å². The normalized spacial score (nSPS) is 11.0. The number of rotatable bonds is 11. The van der Waals surface area contributed by atoms with Gasteiger partial charge in [-0.15, -0.1) is 0 Å². The van der Waals surface area contributed by atoms with Gasteiger partial charge in [-0.3, -0.25) is 4.72 Å². The SMILES string of the molecule is CS(=O)(=O)Nc1ccc(OCCCN(CCNc2ccc(Cl)c(Cl)c2)C(=O)[O-])cc1. The lowest BCUT2D eigenvalue weighted by molar-refractivity contribution is -0.265. The molecule has 2 rings (SSSR count). The molecule has 0 radical (unpaired) electrons. The molecule has 0 atom stereocenters. The van der Waals surface area contributed by atoms with Crippen molar-refractivity contribution in [1.29, 1.82) is 0 Å². The monoisotopic (exact) mass is 474 g/mol. The number of sulfonamides is 1. The highest BCUT2D eigenvalue weighted by molar-refractivity contribution is 7.92. The van der Waals surface area contributed by atoms with Crippen LogP contribution in [-0.2, 0) is 10.0 Å². The van der Waals surface area contributed by atoms with Crippen molar-refractivity contribution in [2.24, 2.45) is 0 Å². The number of carbonyl (C=O) groups excluding carboxylic acids is 1. The molecule has 2 aromatic rings. The highest BCUT2D eigenvalue weighted by Gasteiger charge is 2.06. The summed E-state index contributed by atoms with van der Waals surface area (Å²) in [4.78, 5) is 12.5. The summed E-state index contributed by atoms with van der Waals surface area (Å²) < 4.78 is 30.3. The number of hydrogen-bond donors (Lipinski definition) is 2. The second-order valence-corrected chi connectivity index (χ2v) is 8.97. The summed E-state index contributed by atoms with van der Waals surface area (Å²) in [5.41, 5.74) is 1.17. The molecule has 30 heavy (non-hydrogen) atoms. The zero-order valence-corrected chi connectivity index (χ0v) is 18.6. The Morgan fingerprint density at radius 1 is 1.07 bits per heavy atom. The van der Waals surface area contributed by atoms with Crippen molar-refractivity contribution >= 4 is 50.7 Å². The first-order valence-electron chi connectivity index (χ1n) is 8.99. The van der Waals surface area contributed by atoms with Crippen molar-refractivity contribution in [1.82, 2.24) is 4.90 Å². The van der Waals surface area contributed by atoms with Gasteiger partial charge in [0.15, 0.2) is 0 Å². The van der Waals surface area contributed by atoms with E-state index in [1.807, 2.05) is 0 Å². The molecule has 0 bridgehead atoms. The molecule has 0 heterocycles. The van der Waals surface area contributed by atoms with Crippen molar-refractivity contribution in [3.8, 4) is 5.75 Å². The number of nitrogens with one attached hydrogen (secondary N) is 2. The predicted molar refractivity (Wildman–Crippen MR) is 117 cm³/mol. The number of carboxylic acid groups (broad SMARTS) is 1. The summed E-state index contributed by atoms with van der Waals surface area (Å²) in [6.07, 6.45) is 0.271. The molecule has 1 amide bonds. The first kappa shape index (κ1) is 23.9. The molecule has 0 saturated carbocycles. The van der Waals surface area contributed by atoms with E-state index in [0.29, 0.717) is 41.1 Å². The van der Waals surface area contributed by atoms with Crippen molar-refractivity contribution in [2.45, 2.75) is 6.42 Å². The van der Waals surface area contributed by atoms with Gasteiger partial charge in [-0.2, -0.15) is 0 Å². The number of nitrogens with zero attached hydrogens (tertiary/aromatic N) is 1. The van der Waals surface area contributed by atoms with Gasteiger partial charge >= 0.3 is 0 Å². The Morgan fingerprint density at radius 3 is 2.33 bits per heavy atom. The van der Waals surface area contributed by atoms with Crippen LogP contribution in [0.3, 0.4) is 0 Å². The highest BCUT2D eigenvalue weighted by Crippen LogP contribution is 2.24. The van der Waals surface area contributed by atoms with Crippen molar-refractivity contribution in [3.05, 3.63) is 52.5 Å². The second kappa shape index (κ2) is 11.1. The molecule has 0 unspecified atom stereocenters. The topological polar surface area (TPSA) is 111 Å². The van der Waals surface area contributed by atoms with E-state index in [1.165, 1.54) is 4.90 Å². The molecular weight excluding hydrogens is 453 g/mol. The molecule has 164 valence electrons. The maximum Gasteiger partial charge on any atom is 0.229 e. The van der Waals surface area contributed by atoms with Gasteiger partial charge in [0.2, 0.25) is 10.0 Å². The quantitative estimate of drug-likeness (QED) is 0.484. The molecular formula is C19H22Cl2N3O5S-. The third-order valence-electron chi connectivity index (χ3n) is 3.89. The maximum atomic E-state index is 11.3. The van der Waals surface area contributed by atoms with E-state index >= 15 is 0 Å². The number of amides is 1. The number of hydrogen-bond acceptors (Lipinski definition) is 6. The molecule has 0 saturated heterocycles. The third-order valence-corrected chi connectivity index (χ3v) is 5.23. The van der Waals surface area contributed by atoms with Gasteiger partial charge in [-0.25, -0.2) is 8.42 Å². The molecule has 8 nitrogen and oxygen atoms in total. The largest absolute Gasteiger partial charge is 0.530 e. The van der Waals surface area contributed by atoms with Crippen LogP contribution < -0.4 is 19.9 Å². The Balaban J connectivity index is 1.72. The van der Waals surface area contributed by atoms with E-state index in [4.69, 9.17) is 27.9 Å². The van der Waals surface area contributed by atoms with Crippen LogP contribution >= 0.6 is 23.2 Å². The molecule has 0 spiro atoms. The lowest BCUT2D eigenvalue weighted by Crippen LogP contribution is -2.44. The summed E-state index contributed by atoms with van der Waals surface area (Å²) in [7, 11) is -3.33. The Morgan fingerprint density at radius 2 is 1.73 bits per heavy atom. The van der Waals surface area contributed by atoms with Crippen LogP contribution in [0, 0.1) is 0 Å². The number of halogens is 2. The molecule has 0 aliphatic rings. The Kier molecular flexibility index (Phi) is 8.88. The van der Waals surface area contributed by atoms with Gasteiger partial charge in [0.05, 0.1) is 22.9 Å². The lowest BCUT2D eigenvalue weighted by atomic mass is 10.3. The summed E-state index contributed by atoms with van der Waals surface area (Å²) in [6.45, 7) is 1.15. The van der Waals surface area contributed by atoms with Gasteiger partial charge in [0.25, 0.3) is 0 Å². The highest BCUT2D eigenvalue weighted by atomic mass is 35.5. The molecule has 0 aromatic heterocycles. The molecule has 11 heteroatoms. The summed E-state index contributed by atoms with van der Waals surface area (Å²) in [6, 6.07) is 11.5. The standard InChI is InChI=1S/C19H23Cl2N3O5S/c1-30(27,28)23-14-3-6-16(7-4-14)29-12-2-10-24(19(25)26)11-9-22-15-5-8-17(20)18(21)13-15/h3-8,13,22-23H,2,9-12H2,1H3,(H,25,26)/p-1. The average molecular weight is 475 g/mol. The van der Waals surface area contributed by atoms with Crippen molar-refractivity contribution in [2.75, 3.05) is 42.5 Å². The van der Waals surface area contributed by atoms with Gasteiger partial charge in [0, 0.05) is 31.0 Å². The molecule has 2 N–H and O–H groups in total. The zero-order chi connectivity index (χ0) is 22.1. The maximum absolute atomic E-state index is 11.3. The fourth-order valence-corrected chi connectivity index (χ4v) is 3.38. The van der Waals surface area contributed by atoms with Gasteiger partial charge in [0.1, 0.15) is 11.8 Å². The summed E-state index contributed by atoms with van der Waals surface area (Å²) in [5.74, 6) is 0.551. The fraction of sp³-hybridized carbons (Fsp3) is 0.316. The minimum absolute atomic E-state index is 0.231. The summed E-state index contributed by atoms with van der Waals surface area (Å²) in [5, 5.41) is 15.2. The average Bonchev–Trinajstić information content (AvgIpc) is 2.66. The fourth-order valence-electron chi connectivity index (χ4n) is 2.51. The minimum Gasteiger partial charge on any atom is -0.530 e. The van der Waals surface area contributed by atoms with E-state index in [0.717, 1.165) is 11.9 Å². The van der Waals surface area contributed by atoms with Crippen LogP contribution in [0.15, 0.2) is 42.5 Å². The van der Waals surface area contributed by atoms with E-state index in [9.17, 15) is 18.3 Å². The third kappa shape index (κ3) is 8.56. The van der Waals surface area contributed by atoms with Crippen LogP contribution in [0.2, 0.25) is 10.0 Å². The van der Waals surface area contributed by atoms with E-state index in [1.54, 1.807) is 42.5 Å². The van der Waals surface area contributed by atoms with E-state index in [-0.39, 0.29) is 13.1 Å². The van der Waals surface area contributed by atoms with Gasteiger partial charge < -0.3 is 24.9 Å². The van der Waals surface area contributed by atoms with E-state index < -0.39 is 16.1 Å². The van der Waals surface area contributed by atoms with Crippen molar-refractivity contribution in [3.63, 3.8) is 0 Å². The number of benzene rings is 2. The minimum atomic E-state index is -3.33. The number of anilines is 2. The first-order valence-corrected chi connectivity index (χ1v) is 11.6. The van der Waals surface area contributed by atoms with E-state index in [2.05, 4.69) is 10.0 Å².